The van der Waals surface area contributed by atoms with E-state index in [9.17, 15) is 9.59 Å². The van der Waals surface area contributed by atoms with Crippen LogP contribution in [0.2, 0.25) is 0 Å². The van der Waals surface area contributed by atoms with E-state index >= 15 is 0 Å². The van der Waals surface area contributed by atoms with E-state index in [1.807, 2.05) is 28.8 Å². The number of fused-ring (bicyclic) bond motifs is 3. The molecule has 1 aliphatic carbocycles. The lowest BCUT2D eigenvalue weighted by Crippen LogP contribution is -2.57. The van der Waals surface area contributed by atoms with Gasteiger partial charge in [0.2, 0.25) is 5.69 Å². The molecule has 3 aliphatic rings. The maximum absolute atomic E-state index is 13.6. The summed E-state index contributed by atoms with van der Waals surface area (Å²) in [6, 6.07) is 9.55. The molecule has 3 heterocycles. The summed E-state index contributed by atoms with van der Waals surface area (Å²) in [5.41, 5.74) is 1.15. The van der Waals surface area contributed by atoms with Gasteiger partial charge in [-0.15, -0.1) is 0 Å². The Hall–Kier alpha value is -2.21. The van der Waals surface area contributed by atoms with E-state index < -0.39 is 5.97 Å². The molecule has 2 bridgehead atoms. The lowest BCUT2D eigenvalue weighted by molar-refractivity contribution is -0.0232. The van der Waals surface area contributed by atoms with Crippen LogP contribution in [-0.2, 0) is 4.74 Å². The van der Waals surface area contributed by atoms with Crippen molar-refractivity contribution in [1.29, 1.82) is 0 Å². The Morgan fingerprint density at radius 1 is 0.882 bits per heavy atom. The summed E-state index contributed by atoms with van der Waals surface area (Å²) < 4.78 is 7.07. The fraction of sp³-hybridized carbons (Fsp3) is 0.679. The highest BCUT2D eigenvalue weighted by Gasteiger charge is 2.42. The quantitative estimate of drug-likeness (QED) is 0.547. The van der Waals surface area contributed by atoms with Gasteiger partial charge in [-0.1, -0.05) is 57.1 Å². The van der Waals surface area contributed by atoms with Crippen molar-refractivity contribution in [3.8, 4) is 0 Å². The molecule has 1 saturated carbocycles. The molecule has 2 aromatic rings. The number of hydrogen-bond donors (Lipinski definition) is 0. The number of hydrogen-bond acceptors (Lipinski definition) is 5. The van der Waals surface area contributed by atoms with Gasteiger partial charge in [0.1, 0.15) is 0 Å². The van der Waals surface area contributed by atoms with Crippen LogP contribution in [0.25, 0.3) is 11.0 Å². The molecular weight excluding hydrogens is 426 g/mol. The molecular formula is C28H39N3O3. The van der Waals surface area contributed by atoms with Crippen molar-refractivity contribution in [3.05, 3.63) is 40.3 Å². The van der Waals surface area contributed by atoms with Crippen molar-refractivity contribution >= 4 is 17.0 Å². The molecule has 184 valence electrons. The van der Waals surface area contributed by atoms with Crippen LogP contribution < -0.4 is 5.56 Å². The van der Waals surface area contributed by atoms with E-state index in [0.29, 0.717) is 23.6 Å². The number of ether oxygens (including phenoxy) is 1. The summed E-state index contributed by atoms with van der Waals surface area (Å²) in [6.07, 6.45) is 16.5. The zero-order valence-corrected chi connectivity index (χ0v) is 20.6. The Kier molecular flexibility index (Phi) is 7.33. The Balaban J connectivity index is 1.48. The van der Waals surface area contributed by atoms with Crippen molar-refractivity contribution in [2.24, 2.45) is 0 Å². The second-order valence-electron chi connectivity index (χ2n) is 10.5. The number of para-hydroxylation sites is 2. The second kappa shape index (κ2) is 10.6. The van der Waals surface area contributed by atoms with Gasteiger partial charge in [0.05, 0.1) is 17.6 Å². The van der Waals surface area contributed by atoms with Crippen molar-refractivity contribution < 1.29 is 9.53 Å². The van der Waals surface area contributed by atoms with Gasteiger partial charge in [-0.3, -0.25) is 9.69 Å². The molecule has 2 aliphatic heterocycles. The highest BCUT2D eigenvalue weighted by molar-refractivity contribution is 5.89. The van der Waals surface area contributed by atoms with E-state index in [4.69, 9.17) is 4.74 Å². The molecule has 5 rings (SSSR count). The summed E-state index contributed by atoms with van der Waals surface area (Å²) in [5.74, 6) is -0.616. The van der Waals surface area contributed by atoms with Crippen LogP contribution in [0.1, 0.15) is 107 Å². The third-order valence-electron chi connectivity index (χ3n) is 8.38. The molecule has 0 N–H and O–H groups in total. The minimum absolute atomic E-state index is 0.0793. The van der Waals surface area contributed by atoms with Gasteiger partial charge in [-0.05, 0) is 57.6 Å². The van der Waals surface area contributed by atoms with E-state index in [2.05, 4.69) is 9.88 Å². The van der Waals surface area contributed by atoms with Gasteiger partial charge in [-0.25, -0.2) is 9.78 Å². The number of aromatic nitrogens is 2. The minimum atomic E-state index is -0.616. The van der Waals surface area contributed by atoms with Crippen LogP contribution in [0.15, 0.2) is 29.1 Å². The number of carbonyl (C=O) groups excluding carboxylic acids is 1. The number of rotatable bonds is 4. The van der Waals surface area contributed by atoms with Crippen LogP contribution in [0, 0.1) is 0 Å². The number of benzene rings is 1. The standard InChI is InChI=1S/C28H39N3O3/c1-2-34-28(33)26-27(32)31(25-17-10-9-16-24(25)29-26)23-18-21-14-11-15-22(19-23)30(21)20-12-7-5-3-4-6-8-13-20/h9-10,16-17,20-23H,2-8,11-15,18-19H2,1H3. The zero-order valence-electron chi connectivity index (χ0n) is 20.6. The SMILES string of the molecule is CCOC(=O)c1nc2ccccc2n(C2CC3CCCC(C2)N3C2CCCCCCCC2)c1=O. The second-order valence-corrected chi connectivity index (χ2v) is 10.5. The first-order chi connectivity index (χ1) is 16.7. The first-order valence-electron chi connectivity index (χ1n) is 13.6. The molecule has 1 aromatic heterocycles. The van der Waals surface area contributed by atoms with Crippen molar-refractivity contribution in [2.75, 3.05) is 6.61 Å². The summed E-state index contributed by atoms with van der Waals surface area (Å²) in [5, 5.41) is 0. The monoisotopic (exact) mass is 465 g/mol. The van der Waals surface area contributed by atoms with E-state index in [1.165, 1.54) is 70.6 Å². The number of esters is 1. The average Bonchev–Trinajstić information content (AvgIpc) is 2.97. The van der Waals surface area contributed by atoms with Gasteiger partial charge in [0.25, 0.3) is 5.56 Å². The Morgan fingerprint density at radius 2 is 1.50 bits per heavy atom. The molecule has 34 heavy (non-hydrogen) atoms. The fourth-order valence-electron chi connectivity index (χ4n) is 6.95. The van der Waals surface area contributed by atoms with Gasteiger partial charge >= 0.3 is 5.97 Å². The predicted molar refractivity (Wildman–Crippen MR) is 134 cm³/mol. The minimum Gasteiger partial charge on any atom is -0.461 e. The summed E-state index contributed by atoms with van der Waals surface area (Å²) >= 11 is 0. The summed E-state index contributed by atoms with van der Waals surface area (Å²) in [7, 11) is 0. The van der Waals surface area contributed by atoms with Crippen molar-refractivity contribution in [2.45, 2.75) is 115 Å². The zero-order chi connectivity index (χ0) is 23.5. The highest BCUT2D eigenvalue weighted by atomic mass is 16.5. The highest BCUT2D eigenvalue weighted by Crippen LogP contribution is 2.42. The molecule has 2 unspecified atom stereocenters. The summed E-state index contributed by atoms with van der Waals surface area (Å²) in [4.78, 5) is 33.5. The van der Waals surface area contributed by atoms with Gasteiger partial charge < -0.3 is 9.30 Å². The summed E-state index contributed by atoms with van der Waals surface area (Å²) in [6.45, 7) is 1.99. The molecule has 0 amide bonds. The number of piperidine rings is 2. The largest absolute Gasteiger partial charge is 0.461 e. The maximum Gasteiger partial charge on any atom is 0.362 e. The Labute approximate surface area is 202 Å². The van der Waals surface area contributed by atoms with Gasteiger partial charge in [-0.2, -0.15) is 0 Å². The third-order valence-corrected chi connectivity index (χ3v) is 8.38. The number of nitrogens with zero attached hydrogens (tertiary/aromatic N) is 3. The Morgan fingerprint density at radius 3 is 2.18 bits per heavy atom. The molecule has 6 nitrogen and oxygen atoms in total. The van der Waals surface area contributed by atoms with Crippen LogP contribution in [0.5, 0.6) is 0 Å². The third kappa shape index (κ3) is 4.66. The van der Waals surface area contributed by atoms with Gasteiger partial charge in [0, 0.05) is 24.2 Å². The van der Waals surface area contributed by atoms with E-state index in [1.54, 1.807) is 6.92 Å². The lowest BCUT2D eigenvalue weighted by atomic mass is 9.79. The molecule has 0 spiro atoms. The predicted octanol–water partition coefficient (Wildman–Crippen LogP) is 5.63. The molecule has 2 saturated heterocycles. The van der Waals surface area contributed by atoms with Crippen LogP contribution in [0.4, 0.5) is 0 Å². The van der Waals surface area contributed by atoms with Gasteiger partial charge in [0.15, 0.2) is 0 Å². The maximum atomic E-state index is 13.6. The van der Waals surface area contributed by atoms with E-state index in [0.717, 1.165) is 18.4 Å². The van der Waals surface area contributed by atoms with Crippen LogP contribution >= 0.6 is 0 Å². The Bertz CT molecular complexity index is 1040. The van der Waals surface area contributed by atoms with E-state index in [-0.39, 0.29) is 23.9 Å². The van der Waals surface area contributed by atoms with Crippen LogP contribution in [0.3, 0.4) is 0 Å². The molecule has 6 heteroatoms. The number of carbonyl (C=O) groups is 1. The first kappa shape index (κ1) is 23.5. The average molecular weight is 466 g/mol. The molecule has 0 radical (unpaired) electrons. The topological polar surface area (TPSA) is 64.4 Å². The fourth-order valence-corrected chi connectivity index (χ4v) is 6.95. The normalized spacial score (nSPS) is 27.0. The molecule has 3 fully saturated rings. The molecule has 1 aromatic carbocycles. The molecule has 2 atom stereocenters. The van der Waals surface area contributed by atoms with Crippen molar-refractivity contribution in [1.82, 2.24) is 14.5 Å². The first-order valence-corrected chi connectivity index (χ1v) is 13.6. The smallest absolute Gasteiger partial charge is 0.362 e. The van der Waals surface area contributed by atoms with Crippen molar-refractivity contribution in [3.63, 3.8) is 0 Å². The van der Waals surface area contributed by atoms with Crippen LogP contribution in [-0.4, -0.2) is 45.2 Å². The lowest BCUT2D eigenvalue weighted by Gasteiger charge is -2.53.